The van der Waals surface area contributed by atoms with Crippen LogP contribution in [0.2, 0.25) is 0 Å². The van der Waals surface area contributed by atoms with Crippen molar-refractivity contribution in [2.24, 2.45) is 4.99 Å². The van der Waals surface area contributed by atoms with E-state index in [2.05, 4.69) is 34.1 Å². The zero-order valence-electron chi connectivity index (χ0n) is 21.2. The van der Waals surface area contributed by atoms with Gasteiger partial charge >= 0.3 is 0 Å². The van der Waals surface area contributed by atoms with Crippen LogP contribution in [0.1, 0.15) is 34.7 Å². The number of benzene rings is 3. The van der Waals surface area contributed by atoms with Crippen molar-refractivity contribution < 1.29 is 18.9 Å². The van der Waals surface area contributed by atoms with Crippen LogP contribution >= 0.6 is 27.3 Å². The molecule has 4 aromatic rings. The molecular weight excluding hydrogens is 580 g/mol. The Morgan fingerprint density at radius 2 is 1.87 bits per heavy atom. The van der Waals surface area contributed by atoms with Gasteiger partial charge in [-0.2, -0.15) is 0 Å². The molecule has 3 aromatic carbocycles. The molecule has 9 heteroatoms. The SMILES string of the molecule is COc1ccc(OC)c(C2C3=C(N=c4sc(=Cc5cc6c(cc5Br)OCO6)c(=O)n42)c2ccccc2CC3)c1. The lowest BCUT2D eigenvalue weighted by atomic mass is 9.83. The van der Waals surface area contributed by atoms with Crippen LogP contribution in [0, 0.1) is 0 Å². The molecule has 0 N–H and O–H groups in total. The number of aryl methyl sites for hydroxylation is 1. The van der Waals surface area contributed by atoms with Crippen LogP contribution in [-0.4, -0.2) is 25.6 Å². The van der Waals surface area contributed by atoms with Gasteiger partial charge in [-0.05, 0) is 65.9 Å². The Kier molecular flexibility index (Phi) is 5.86. The van der Waals surface area contributed by atoms with Gasteiger partial charge in [0.25, 0.3) is 5.56 Å². The summed E-state index contributed by atoms with van der Waals surface area (Å²) in [5.74, 6) is 2.73. The van der Waals surface area contributed by atoms with Crippen molar-refractivity contribution in [2.45, 2.75) is 18.9 Å². The summed E-state index contributed by atoms with van der Waals surface area (Å²) in [5.41, 5.74) is 6.00. The lowest BCUT2D eigenvalue weighted by molar-refractivity contribution is 0.174. The van der Waals surface area contributed by atoms with Crippen LogP contribution in [-0.2, 0) is 6.42 Å². The fourth-order valence-electron chi connectivity index (χ4n) is 5.54. The van der Waals surface area contributed by atoms with Gasteiger partial charge in [-0.25, -0.2) is 4.99 Å². The summed E-state index contributed by atoms with van der Waals surface area (Å²) in [7, 11) is 3.29. The monoisotopic (exact) mass is 602 g/mol. The van der Waals surface area contributed by atoms with E-state index in [4.69, 9.17) is 23.9 Å². The number of fused-ring (bicyclic) bond motifs is 4. The molecule has 0 saturated carbocycles. The summed E-state index contributed by atoms with van der Waals surface area (Å²) in [4.78, 5) is 19.9. The number of hydrogen-bond donors (Lipinski definition) is 0. The number of nitrogens with zero attached hydrogens (tertiary/aromatic N) is 2. The van der Waals surface area contributed by atoms with Gasteiger partial charge in [-0.1, -0.05) is 51.5 Å². The number of hydrogen-bond acceptors (Lipinski definition) is 7. The molecule has 1 atom stereocenters. The highest BCUT2D eigenvalue weighted by Gasteiger charge is 2.34. The molecule has 0 spiro atoms. The standard InChI is InChI=1S/C30H23BrN2O5S/c1-35-18-8-10-23(36-2)21(13-18)28-20-9-7-16-5-3-4-6-19(16)27(20)32-30-33(28)29(34)26(39-30)12-17-11-24-25(14-22(17)31)38-15-37-24/h3-6,8,10-14,28H,7,9,15H2,1-2H3. The lowest BCUT2D eigenvalue weighted by Crippen LogP contribution is -2.39. The molecule has 196 valence electrons. The normalized spacial score (nSPS) is 17.3. The van der Waals surface area contributed by atoms with Gasteiger partial charge in [-0.3, -0.25) is 9.36 Å². The molecule has 1 aromatic heterocycles. The number of ether oxygens (including phenoxy) is 4. The first-order valence-corrected chi connectivity index (χ1v) is 14.1. The van der Waals surface area contributed by atoms with Crippen molar-refractivity contribution in [3.63, 3.8) is 0 Å². The highest BCUT2D eigenvalue weighted by molar-refractivity contribution is 9.10. The third-order valence-corrected chi connectivity index (χ3v) is 9.05. The number of halogens is 1. The first kappa shape index (κ1) is 24.2. The van der Waals surface area contributed by atoms with Gasteiger partial charge in [-0.15, -0.1) is 0 Å². The Labute approximate surface area is 236 Å². The molecule has 3 aliphatic rings. The largest absolute Gasteiger partial charge is 0.497 e. The summed E-state index contributed by atoms with van der Waals surface area (Å²) in [6.07, 6.45) is 3.55. The molecule has 7 nitrogen and oxygen atoms in total. The average Bonchev–Trinajstić information content (AvgIpc) is 3.54. The van der Waals surface area contributed by atoms with E-state index in [0.29, 0.717) is 32.3 Å². The maximum Gasteiger partial charge on any atom is 0.271 e. The predicted octanol–water partition coefficient (Wildman–Crippen LogP) is 4.83. The second-order valence-corrected chi connectivity index (χ2v) is 11.3. The van der Waals surface area contributed by atoms with E-state index >= 15 is 0 Å². The molecule has 1 aliphatic carbocycles. The Hall–Kier alpha value is -3.82. The highest BCUT2D eigenvalue weighted by Crippen LogP contribution is 2.44. The van der Waals surface area contributed by atoms with E-state index in [1.807, 2.05) is 42.5 Å². The zero-order chi connectivity index (χ0) is 26.7. The molecule has 0 amide bonds. The summed E-state index contributed by atoms with van der Waals surface area (Å²) in [6.45, 7) is 0.183. The zero-order valence-corrected chi connectivity index (χ0v) is 23.6. The minimum absolute atomic E-state index is 0.108. The molecule has 39 heavy (non-hydrogen) atoms. The van der Waals surface area contributed by atoms with Gasteiger partial charge in [0.05, 0.1) is 30.5 Å². The Morgan fingerprint density at radius 1 is 1.05 bits per heavy atom. The van der Waals surface area contributed by atoms with E-state index in [1.165, 1.54) is 16.9 Å². The smallest absolute Gasteiger partial charge is 0.271 e. The summed E-state index contributed by atoms with van der Waals surface area (Å²) in [6, 6.07) is 17.5. The first-order chi connectivity index (χ1) is 19.1. The number of thiazole rings is 1. The fourth-order valence-corrected chi connectivity index (χ4v) is 6.97. The van der Waals surface area contributed by atoms with E-state index in [9.17, 15) is 4.79 Å². The quantitative estimate of drug-likeness (QED) is 0.335. The van der Waals surface area contributed by atoms with Crippen LogP contribution < -0.4 is 33.8 Å². The molecule has 0 fully saturated rings. The maximum atomic E-state index is 14.1. The highest BCUT2D eigenvalue weighted by atomic mass is 79.9. The van der Waals surface area contributed by atoms with Gasteiger partial charge < -0.3 is 18.9 Å². The van der Waals surface area contributed by atoms with Crippen molar-refractivity contribution in [3.05, 3.63) is 107 Å². The number of methoxy groups -OCH3 is 2. The number of aromatic nitrogens is 1. The van der Waals surface area contributed by atoms with E-state index in [0.717, 1.165) is 45.3 Å². The van der Waals surface area contributed by atoms with Crippen molar-refractivity contribution in [1.29, 1.82) is 0 Å². The van der Waals surface area contributed by atoms with Crippen molar-refractivity contribution in [3.8, 4) is 23.0 Å². The summed E-state index contributed by atoms with van der Waals surface area (Å²) < 4.78 is 25.6. The molecular formula is C30H23BrN2O5S. The second-order valence-electron chi connectivity index (χ2n) is 9.45. The average molecular weight is 603 g/mol. The van der Waals surface area contributed by atoms with E-state index in [-0.39, 0.29) is 18.4 Å². The van der Waals surface area contributed by atoms with Crippen LogP contribution in [0.4, 0.5) is 0 Å². The molecule has 0 bridgehead atoms. The minimum Gasteiger partial charge on any atom is -0.497 e. The maximum absolute atomic E-state index is 14.1. The van der Waals surface area contributed by atoms with Crippen molar-refractivity contribution in [2.75, 3.05) is 21.0 Å². The van der Waals surface area contributed by atoms with Crippen LogP contribution in [0.5, 0.6) is 23.0 Å². The van der Waals surface area contributed by atoms with Crippen LogP contribution in [0.15, 0.2) is 74.4 Å². The van der Waals surface area contributed by atoms with E-state index in [1.54, 1.807) is 18.8 Å². The fraction of sp³-hybridized carbons (Fsp3) is 0.200. The second kappa shape index (κ2) is 9.43. The minimum atomic E-state index is -0.378. The molecule has 2 aliphatic heterocycles. The third-order valence-electron chi connectivity index (χ3n) is 7.38. The predicted molar refractivity (Wildman–Crippen MR) is 153 cm³/mol. The summed E-state index contributed by atoms with van der Waals surface area (Å²) >= 11 is 5.00. The number of allylic oxidation sites excluding steroid dienone is 1. The Morgan fingerprint density at radius 3 is 2.69 bits per heavy atom. The number of rotatable bonds is 4. The van der Waals surface area contributed by atoms with Gasteiger partial charge in [0.1, 0.15) is 11.5 Å². The topological polar surface area (TPSA) is 71.3 Å². The van der Waals surface area contributed by atoms with Crippen LogP contribution in [0.3, 0.4) is 0 Å². The molecule has 0 saturated heterocycles. The van der Waals surface area contributed by atoms with Crippen LogP contribution in [0.25, 0.3) is 11.8 Å². The van der Waals surface area contributed by atoms with Crippen molar-refractivity contribution >= 4 is 39.0 Å². The molecule has 3 heterocycles. The molecule has 7 rings (SSSR count). The van der Waals surface area contributed by atoms with Gasteiger partial charge in [0.15, 0.2) is 16.3 Å². The third kappa shape index (κ3) is 3.91. The van der Waals surface area contributed by atoms with Gasteiger partial charge in [0.2, 0.25) is 6.79 Å². The Balaban J connectivity index is 1.50. The summed E-state index contributed by atoms with van der Waals surface area (Å²) in [5, 5.41) is 0. The van der Waals surface area contributed by atoms with Crippen molar-refractivity contribution in [1.82, 2.24) is 4.57 Å². The molecule has 0 radical (unpaired) electrons. The van der Waals surface area contributed by atoms with Gasteiger partial charge in [0, 0.05) is 15.6 Å². The molecule has 1 unspecified atom stereocenters. The van der Waals surface area contributed by atoms with E-state index < -0.39 is 0 Å². The lowest BCUT2D eigenvalue weighted by Gasteiger charge is -2.31. The Bertz CT molecular complexity index is 1870. The first-order valence-electron chi connectivity index (χ1n) is 12.5.